The third-order valence-electron chi connectivity index (χ3n) is 1.77. The van der Waals surface area contributed by atoms with Crippen molar-refractivity contribution in [2.24, 2.45) is 5.16 Å². The van der Waals surface area contributed by atoms with Crippen molar-refractivity contribution in [1.29, 1.82) is 0 Å². The van der Waals surface area contributed by atoms with Crippen LogP contribution in [0, 0.1) is 0 Å². The van der Waals surface area contributed by atoms with Gasteiger partial charge in [-0.2, -0.15) is 0 Å². The van der Waals surface area contributed by atoms with Gasteiger partial charge in [-0.3, -0.25) is 4.79 Å². The SMILES string of the molecule is CN(C)C(=O)c1ccc(/C=N\O)cc1. The minimum atomic E-state index is -0.0440. The third kappa shape index (κ3) is 2.32. The Morgan fingerprint density at radius 3 is 2.36 bits per heavy atom. The first kappa shape index (κ1) is 10.2. The predicted molar refractivity (Wildman–Crippen MR) is 53.8 cm³/mol. The van der Waals surface area contributed by atoms with Gasteiger partial charge in [-0.1, -0.05) is 17.3 Å². The van der Waals surface area contributed by atoms with Gasteiger partial charge in [-0.05, 0) is 17.7 Å². The van der Waals surface area contributed by atoms with E-state index < -0.39 is 0 Å². The lowest BCUT2D eigenvalue weighted by Crippen LogP contribution is -2.21. The van der Waals surface area contributed by atoms with Crippen molar-refractivity contribution in [3.8, 4) is 0 Å². The molecule has 1 rings (SSSR count). The van der Waals surface area contributed by atoms with Crippen LogP contribution in [0.5, 0.6) is 0 Å². The van der Waals surface area contributed by atoms with Crippen LogP contribution in [0.4, 0.5) is 0 Å². The maximum absolute atomic E-state index is 11.5. The van der Waals surface area contributed by atoms with Crippen molar-refractivity contribution >= 4 is 12.1 Å². The van der Waals surface area contributed by atoms with Crippen LogP contribution in [0.2, 0.25) is 0 Å². The molecule has 0 saturated carbocycles. The zero-order valence-corrected chi connectivity index (χ0v) is 8.14. The monoisotopic (exact) mass is 192 g/mol. The normalized spacial score (nSPS) is 10.4. The molecule has 0 unspecified atom stereocenters. The Morgan fingerprint density at radius 2 is 1.93 bits per heavy atom. The first-order valence-electron chi connectivity index (χ1n) is 4.14. The van der Waals surface area contributed by atoms with E-state index in [1.165, 1.54) is 11.1 Å². The molecule has 0 heterocycles. The zero-order chi connectivity index (χ0) is 10.6. The second-order valence-electron chi connectivity index (χ2n) is 3.07. The molecule has 0 radical (unpaired) electrons. The molecule has 0 aliphatic carbocycles. The van der Waals surface area contributed by atoms with Gasteiger partial charge >= 0.3 is 0 Å². The van der Waals surface area contributed by atoms with Gasteiger partial charge in [0.25, 0.3) is 5.91 Å². The van der Waals surface area contributed by atoms with Gasteiger partial charge in [0.05, 0.1) is 6.21 Å². The predicted octanol–water partition coefficient (Wildman–Crippen LogP) is 1.20. The highest BCUT2D eigenvalue weighted by atomic mass is 16.4. The van der Waals surface area contributed by atoms with Crippen molar-refractivity contribution in [2.45, 2.75) is 0 Å². The molecule has 74 valence electrons. The van der Waals surface area contributed by atoms with Crippen molar-refractivity contribution in [1.82, 2.24) is 4.90 Å². The summed E-state index contributed by atoms with van der Waals surface area (Å²) in [6.07, 6.45) is 1.31. The van der Waals surface area contributed by atoms with E-state index in [0.717, 1.165) is 5.56 Å². The summed E-state index contributed by atoms with van der Waals surface area (Å²) < 4.78 is 0. The van der Waals surface area contributed by atoms with E-state index in [0.29, 0.717) is 5.56 Å². The average Bonchev–Trinajstić information content (AvgIpc) is 2.18. The molecule has 1 aromatic rings. The molecule has 1 aromatic carbocycles. The molecule has 0 saturated heterocycles. The number of hydrogen-bond donors (Lipinski definition) is 1. The first-order valence-corrected chi connectivity index (χ1v) is 4.14. The summed E-state index contributed by atoms with van der Waals surface area (Å²) in [6.45, 7) is 0. The zero-order valence-electron chi connectivity index (χ0n) is 8.14. The fourth-order valence-corrected chi connectivity index (χ4v) is 1.04. The molecule has 0 spiro atoms. The average molecular weight is 192 g/mol. The molecule has 4 heteroatoms. The largest absolute Gasteiger partial charge is 0.411 e. The van der Waals surface area contributed by atoms with Gasteiger partial charge in [0.2, 0.25) is 0 Å². The Balaban J connectivity index is 2.88. The van der Waals surface area contributed by atoms with Gasteiger partial charge < -0.3 is 10.1 Å². The van der Waals surface area contributed by atoms with Gasteiger partial charge in [0.15, 0.2) is 0 Å². The topological polar surface area (TPSA) is 52.9 Å². The fourth-order valence-electron chi connectivity index (χ4n) is 1.04. The molecule has 0 aromatic heterocycles. The van der Waals surface area contributed by atoms with Crippen LogP contribution in [-0.2, 0) is 0 Å². The number of oxime groups is 1. The Bertz CT molecular complexity index is 342. The summed E-state index contributed by atoms with van der Waals surface area (Å²) in [5, 5.41) is 11.2. The van der Waals surface area contributed by atoms with E-state index in [1.54, 1.807) is 38.4 Å². The Morgan fingerprint density at radius 1 is 1.36 bits per heavy atom. The minimum Gasteiger partial charge on any atom is -0.411 e. The van der Waals surface area contributed by atoms with Crippen molar-refractivity contribution < 1.29 is 10.0 Å². The number of rotatable bonds is 2. The van der Waals surface area contributed by atoms with Crippen LogP contribution < -0.4 is 0 Å². The van der Waals surface area contributed by atoms with Crippen LogP contribution in [-0.4, -0.2) is 36.3 Å². The van der Waals surface area contributed by atoms with Gasteiger partial charge in [0, 0.05) is 19.7 Å². The van der Waals surface area contributed by atoms with Crippen molar-refractivity contribution in [3.63, 3.8) is 0 Å². The molecule has 0 atom stereocenters. The molecule has 14 heavy (non-hydrogen) atoms. The van der Waals surface area contributed by atoms with E-state index in [9.17, 15) is 4.79 Å². The number of benzene rings is 1. The quantitative estimate of drug-likeness (QED) is 0.435. The van der Waals surface area contributed by atoms with E-state index in [1.807, 2.05) is 0 Å². The van der Waals surface area contributed by atoms with Crippen LogP contribution in [0.1, 0.15) is 15.9 Å². The molecule has 1 amide bonds. The Labute approximate surface area is 82.5 Å². The van der Waals surface area contributed by atoms with Crippen LogP contribution >= 0.6 is 0 Å². The summed E-state index contributed by atoms with van der Waals surface area (Å²) in [5.41, 5.74) is 1.37. The molecular formula is C10H12N2O2. The lowest BCUT2D eigenvalue weighted by Gasteiger charge is -2.09. The summed E-state index contributed by atoms with van der Waals surface area (Å²) in [4.78, 5) is 13.0. The van der Waals surface area contributed by atoms with Crippen LogP contribution in [0.15, 0.2) is 29.4 Å². The third-order valence-corrected chi connectivity index (χ3v) is 1.77. The van der Waals surface area contributed by atoms with E-state index in [-0.39, 0.29) is 5.91 Å². The van der Waals surface area contributed by atoms with Crippen molar-refractivity contribution in [2.75, 3.05) is 14.1 Å². The minimum absolute atomic E-state index is 0.0440. The lowest BCUT2D eigenvalue weighted by atomic mass is 10.1. The second kappa shape index (κ2) is 4.41. The van der Waals surface area contributed by atoms with Gasteiger partial charge in [-0.25, -0.2) is 0 Å². The van der Waals surface area contributed by atoms with E-state index in [4.69, 9.17) is 5.21 Å². The molecule has 1 N–H and O–H groups in total. The summed E-state index contributed by atoms with van der Waals surface area (Å²) in [7, 11) is 3.40. The highest BCUT2D eigenvalue weighted by molar-refractivity contribution is 5.94. The highest BCUT2D eigenvalue weighted by Crippen LogP contribution is 2.04. The summed E-state index contributed by atoms with van der Waals surface area (Å²) in [6, 6.07) is 6.82. The van der Waals surface area contributed by atoms with Gasteiger partial charge in [0.1, 0.15) is 0 Å². The van der Waals surface area contributed by atoms with Crippen molar-refractivity contribution in [3.05, 3.63) is 35.4 Å². The van der Waals surface area contributed by atoms with Crippen LogP contribution in [0.25, 0.3) is 0 Å². The van der Waals surface area contributed by atoms with Crippen LogP contribution in [0.3, 0.4) is 0 Å². The number of nitrogens with zero attached hydrogens (tertiary/aromatic N) is 2. The molecule has 0 aliphatic heterocycles. The maximum Gasteiger partial charge on any atom is 0.253 e. The summed E-state index contributed by atoms with van der Waals surface area (Å²) >= 11 is 0. The smallest absolute Gasteiger partial charge is 0.253 e. The first-order chi connectivity index (χ1) is 6.65. The number of carbonyl (C=O) groups excluding carboxylic acids is 1. The number of amides is 1. The number of carbonyl (C=O) groups is 1. The fraction of sp³-hybridized carbons (Fsp3) is 0.200. The highest BCUT2D eigenvalue weighted by Gasteiger charge is 2.06. The maximum atomic E-state index is 11.5. The molecule has 0 fully saturated rings. The molecule has 0 bridgehead atoms. The van der Waals surface area contributed by atoms with E-state index in [2.05, 4.69) is 5.16 Å². The summed E-state index contributed by atoms with van der Waals surface area (Å²) in [5.74, 6) is -0.0440. The second-order valence-corrected chi connectivity index (χ2v) is 3.07. The lowest BCUT2D eigenvalue weighted by molar-refractivity contribution is 0.0827. The standard InChI is InChI=1S/C10H12N2O2/c1-12(2)10(13)9-5-3-8(4-6-9)7-11-14/h3-7,14H,1-2H3/b11-7-. The molecule has 0 aliphatic rings. The molecular weight excluding hydrogens is 180 g/mol. The molecule has 4 nitrogen and oxygen atoms in total. The van der Waals surface area contributed by atoms with E-state index >= 15 is 0 Å². The number of hydrogen-bond acceptors (Lipinski definition) is 3. The Kier molecular flexibility index (Phi) is 3.23. The van der Waals surface area contributed by atoms with Gasteiger partial charge in [-0.15, -0.1) is 0 Å². The Hall–Kier alpha value is -1.84.